The average molecular weight is 504 g/mol. The maximum Gasteiger partial charge on any atom is 3.00 e. The summed E-state index contributed by atoms with van der Waals surface area (Å²) in [6, 6.07) is 0. The Kier molecular flexibility index (Phi) is 25.6. The van der Waals surface area contributed by atoms with Crippen molar-refractivity contribution in [3.63, 3.8) is 0 Å². The molecular weight excluding hydrogens is 483 g/mol. The summed E-state index contributed by atoms with van der Waals surface area (Å²) >= 11 is 0. The van der Waals surface area contributed by atoms with E-state index in [1.807, 2.05) is 0 Å². The molecule has 0 aromatic rings. The first-order valence-electron chi connectivity index (χ1n) is 7.40. The molecule has 0 fully saturated rings. The minimum atomic E-state index is -3.64. The van der Waals surface area contributed by atoms with Gasteiger partial charge in [0.1, 0.15) is 0 Å². The van der Waals surface area contributed by atoms with Gasteiger partial charge in [0, 0.05) is 58.5 Å². The van der Waals surface area contributed by atoms with Crippen molar-refractivity contribution in [2.75, 3.05) is 37.0 Å². The predicted molar refractivity (Wildman–Crippen MR) is 95.6 cm³/mol. The van der Waals surface area contributed by atoms with Crippen LogP contribution in [0, 0.1) is 0 Å². The molecular formula is C12H21Al2O12P3. The molecule has 0 N–H and O–H groups in total. The number of rotatable bonds is 9. The molecule has 0 saturated carbocycles. The van der Waals surface area contributed by atoms with Crippen LogP contribution in [0.5, 0.6) is 0 Å². The van der Waals surface area contributed by atoms with Crippen molar-refractivity contribution < 1.29 is 58.1 Å². The monoisotopic (exact) mass is 504 g/mol. The molecule has 0 aliphatic rings. The Morgan fingerprint density at radius 2 is 0.690 bits per heavy atom. The molecule has 0 aliphatic carbocycles. The first-order valence-corrected chi connectivity index (χ1v) is 13.4. The Labute approximate surface area is 190 Å². The van der Waals surface area contributed by atoms with E-state index in [-0.39, 0.29) is 53.2 Å². The van der Waals surface area contributed by atoms with Gasteiger partial charge in [-0.1, -0.05) is 20.8 Å². The zero-order valence-electron chi connectivity index (χ0n) is 16.1. The van der Waals surface area contributed by atoms with Gasteiger partial charge in [-0.05, 0) is 18.5 Å². The summed E-state index contributed by atoms with van der Waals surface area (Å²) in [5, 5.41) is 29.1. The zero-order valence-corrected chi connectivity index (χ0v) is 21.1. The van der Waals surface area contributed by atoms with Gasteiger partial charge in [-0.25, -0.2) is 0 Å². The van der Waals surface area contributed by atoms with E-state index >= 15 is 0 Å². The maximum absolute atomic E-state index is 10.4. The Morgan fingerprint density at radius 3 is 0.724 bits per heavy atom. The SMILES string of the molecule is CCP(=O)([O-])CC(=O)[O-].CCP(=O)([O-])CC(=O)[O-].CCP(=O)([O-])CC(=O)[O-].[Al+3].[Al+3]. The minimum absolute atomic E-state index is 0. The van der Waals surface area contributed by atoms with Crippen LogP contribution in [0.2, 0.25) is 0 Å². The molecule has 0 aromatic carbocycles. The van der Waals surface area contributed by atoms with Crippen LogP contribution < -0.4 is 30.0 Å². The molecule has 0 bridgehead atoms. The first kappa shape index (κ1) is 39.5. The third-order valence-electron chi connectivity index (χ3n) is 2.56. The average Bonchev–Trinajstić information content (AvgIpc) is 2.45. The maximum atomic E-state index is 10.4. The summed E-state index contributed by atoms with van der Waals surface area (Å²) in [5.74, 6) is -4.60. The van der Waals surface area contributed by atoms with Gasteiger partial charge in [0.05, 0.1) is 0 Å². The van der Waals surface area contributed by atoms with E-state index in [1.54, 1.807) is 0 Å². The van der Waals surface area contributed by atoms with E-state index in [9.17, 15) is 58.1 Å². The predicted octanol–water partition coefficient (Wildman–Crippen LogP) is -5.58. The van der Waals surface area contributed by atoms with Gasteiger partial charge < -0.3 is 58.1 Å². The molecule has 17 heteroatoms. The molecule has 3 atom stereocenters. The number of hydrogen-bond donors (Lipinski definition) is 0. The fraction of sp³-hybridized carbons (Fsp3) is 0.750. The second-order valence-corrected chi connectivity index (χ2v) is 12.7. The Morgan fingerprint density at radius 1 is 0.552 bits per heavy atom. The van der Waals surface area contributed by atoms with E-state index in [1.165, 1.54) is 20.8 Å². The van der Waals surface area contributed by atoms with Crippen molar-refractivity contribution >= 4 is 74.7 Å². The van der Waals surface area contributed by atoms with Crippen LogP contribution >= 0.6 is 22.1 Å². The first-order chi connectivity index (χ1) is 11.9. The molecule has 12 nitrogen and oxygen atoms in total. The number of carbonyl (C=O) groups excluding carboxylic acids is 3. The van der Waals surface area contributed by atoms with Gasteiger partial charge in [-0.15, -0.1) is 0 Å². The van der Waals surface area contributed by atoms with Crippen molar-refractivity contribution in [2.45, 2.75) is 20.8 Å². The van der Waals surface area contributed by atoms with E-state index < -0.39 is 58.5 Å². The van der Waals surface area contributed by atoms with Crippen LogP contribution in [0.15, 0.2) is 0 Å². The van der Waals surface area contributed by atoms with Crippen molar-refractivity contribution in [1.82, 2.24) is 0 Å². The third kappa shape index (κ3) is 32.9. The summed E-state index contributed by atoms with van der Waals surface area (Å²) in [6.45, 7) is 4.20. The Bertz CT molecular complexity index is 554. The molecule has 0 saturated heterocycles. The molecule has 0 amide bonds. The van der Waals surface area contributed by atoms with Gasteiger partial charge >= 0.3 is 34.7 Å². The van der Waals surface area contributed by atoms with Crippen LogP contribution in [0.25, 0.3) is 0 Å². The van der Waals surface area contributed by atoms with Gasteiger partial charge in [0.2, 0.25) is 0 Å². The van der Waals surface area contributed by atoms with Crippen LogP contribution in [0.4, 0.5) is 0 Å². The van der Waals surface area contributed by atoms with Crippen LogP contribution in [0.3, 0.4) is 0 Å². The van der Waals surface area contributed by atoms with Crippen molar-refractivity contribution in [2.24, 2.45) is 0 Å². The summed E-state index contributed by atoms with van der Waals surface area (Å²) in [6.07, 6.45) is -2.90. The standard InChI is InChI=1S/3C4H9O4P.2Al/c3*1-2-9(7,8)3-4(5)6;;/h3*2-3H2,1H3,(H,5,6)(H,7,8);;/q;;;2*+3/p-6. The van der Waals surface area contributed by atoms with Crippen LogP contribution in [-0.2, 0) is 28.1 Å². The Hall–Kier alpha value is 0.0449. The Balaban J connectivity index is -0.0000000960. The minimum Gasteiger partial charge on any atom is -0.799 e. The summed E-state index contributed by atoms with van der Waals surface area (Å²) in [5.41, 5.74) is 0. The van der Waals surface area contributed by atoms with Gasteiger partial charge in [0.25, 0.3) is 0 Å². The molecule has 0 radical (unpaired) electrons. The van der Waals surface area contributed by atoms with Crippen LogP contribution in [-0.4, -0.2) is 89.6 Å². The fourth-order valence-electron chi connectivity index (χ4n) is 0.925. The van der Waals surface area contributed by atoms with Gasteiger partial charge in [-0.2, -0.15) is 0 Å². The number of aliphatic carboxylic acids is 3. The topological polar surface area (TPSA) is 241 Å². The normalized spacial score (nSPS) is 15.5. The zero-order chi connectivity index (χ0) is 22.5. The smallest absolute Gasteiger partial charge is 0.799 e. The van der Waals surface area contributed by atoms with E-state index in [2.05, 4.69) is 0 Å². The fourth-order valence-corrected chi connectivity index (χ4v) is 2.78. The van der Waals surface area contributed by atoms with Crippen molar-refractivity contribution in [3.8, 4) is 0 Å². The number of carboxylic acids is 3. The number of carbonyl (C=O) groups is 3. The molecule has 162 valence electrons. The summed E-state index contributed by atoms with van der Waals surface area (Å²) in [4.78, 5) is 60.3. The second-order valence-electron chi connectivity index (χ2n) is 4.98. The summed E-state index contributed by atoms with van der Waals surface area (Å²) < 4.78 is 31.3. The summed E-state index contributed by atoms with van der Waals surface area (Å²) in [7, 11) is -10.9. The largest absolute Gasteiger partial charge is 3.00 e. The molecule has 0 spiro atoms. The second kappa shape index (κ2) is 18.8. The molecule has 0 rings (SSSR count). The van der Waals surface area contributed by atoms with Gasteiger partial charge in [0.15, 0.2) is 0 Å². The quantitative estimate of drug-likeness (QED) is 0.211. The van der Waals surface area contributed by atoms with Gasteiger partial charge in [-0.3, -0.25) is 0 Å². The molecule has 29 heavy (non-hydrogen) atoms. The van der Waals surface area contributed by atoms with Crippen molar-refractivity contribution in [3.05, 3.63) is 0 Å². The van der Waals surface area contributed by atoms with Crippen LogP contribution in [0.1, 0.15) is 20.8 Å². The van der Waals surface area contributed by atoms with E-state index in [0.29, 0.717) is 0 Å². The van der Waals surface area contributed by atoms with Crippen molar-refractivity contribution in [1.29, 1.82) is 0 Å². The molecule has 0 aromatic heterocycles. The number of hydrogen-bond acceptors (Lipinski definition) is 12. The van der Waals surface area contributed by atoms with E-state index in [0.717, 1.165) is 0 Å². The third-order valence-corrected chi connectivity index (χ3v) is 7.67. The number of carboxylic acid groups (broad SMARTS) is 3. The molecule has 0 heterocycles. The molecule has 0 aliphatic heterocycles. The molecule has 3 unspecified atom stereocenters. The van der Waals surface area contributed by atoms with E-state index in [4.69, 9.17) is 0 Å².